The zero-order chi connectivity index (χ0) is 25.4. The van der Waals surface area contributed by atoms with Crippen molar-refractivity contribution in [1.29, 1.82) is 0 Å². The second kappa shape index (κ2) is 9.24. The Morgan fingerprint density at radius 3 is 2.67 bits per heavy atom. The first-order valence-corrected chi connectivity index (χ1v) is 13.3. The van der Waals surface area contributed by atoms with E-state index in [9.17, 15) is 18.3 Å². The van der Waals surface area contributed by atoms with E-state index < -0.39 is 31.7 Å². The zero-order valence-electron chi connectivity index (χ0n) is 19.2. The van der Waals surface area contributed by atoms with Crippen LogP contribution in [-0.2, 0) is 21.4 Å². The van der Waals surface area contributed by atoms with Gasteiger partial charge < -0.3 is 15.4 Å². The Labute approximate surface area is 214 Å². The van der Waals surface area contributed by atoms with Crippen molar-refractivity contribution in [1.82, 2.24) is 14.7 Å². The Kier molecular flexibility index (Phi) is 6.23. The topological polar surface area (TPSA) is 124 Å². The van der Waals surface area contributed by atoms with Crippen molar-refractivity contribution in [2.24, 2.45) is 0 Å². The van der Waals surface area contributed by atoms with Crippen LogP contribution in [0.4, 0.5) is 5.69 Å². The van der Waals surface area contributed by atoms with Gasteiger partial charge in [0, 0.05) is 24.2 Å². The van der Waals surface area contributed by atoms with Crippen LogP contribution < -0.4 is 10.0 Å². The highest BCUT2D eigenvalue weighted by Gasteiger charge is 2.64. The molecule has 1 fully saturated rings. The van der Waals surface area contributed by atoms with E-state index in [0.29, 0.717) is 6.54 Å². The lowest BCUT2D eigenvalue weighted by Crippen LogP contribution is -2.51. The van der Waals surface area contributed by atoms with Crippen molar-refractivity contribution in [3.63, 3.8) is 0 Å². The Balaban J connectivity index is 1.32. The summed E-state index contributed by atoms with van der Waals surface area (Å²) in [6.45, 7) is 0.518. The second-order valence-corrected chi connectivity index (χ2v) is 11.9. The van der Waals surface area contributed by atoms with Crippen LogP contribution in [0.3, 0.4) is 0 Å². The van der Waals surface area contributed by atoms with Gasteiger partial charge in [0.15, 0.2) is 4.21 Å². The van der Waals surface area contributed by atoms with Gasteiger partial charge >= 0.3 is 5.97 Å². The minimum atomic E-state index is -4.24. The number of benzene rings is 2. The molecule has 0 aliphatic heterocycles. The number of hydrogen-bond donors (Lipinski definition) is 4. The van der Waals surface area contributed by atoms with Gasteiger partial charge in [-0.15, -0.1) is 0 Å². The van der Waals surface area contributed by atoms with Crippen LogP contribution in [0.5, 0.6) is 0 Å². The molecule has 1 unspecified atom stereocenters. The second-order valence-electron chi connectivity index (χ2n) is 9.04. The highest BCUT2D eigenvalue weighted by molar-refractivity contribution is 7.92. The maximum atomic E-state index is 13.4. The maximum absolute atomic E-state index is 13.4. The molecule has 5 rings (SSSR count). The van der Waals surface area contributed by atoms with Gasteiger partial charge in [0.05, 0.1) is 18.6 Å². The molecule has 10 heteroatoms. The van der Waals surface area contributed by atoms with Gasteiger partial charge in [-0.05, 0) is 41.3 Å². The number of aliphatic carboxylic acids is 1. The number of carboxylic acids is 1. The molecule has 1 aromatic heterocycles. The van der Waals surface area contributed by atoms with Gasteiger partial charge in [-0.1, -0.05) is 66.2 Å². The van der Waals surface area contributed by atoms with Gasteiger partial charge in [-0.25, -0.2) is 13.4 Å². The van der Waals surface area contributed by atoms with Crippen LogP contribution >= 0.6 is 11.6 Å². The summed E-state index contributed by atoms with van der Waals surface area (Å²) in [6, 6.07) is 16.9. The SMILES string of the molecule is O=C(O)[C@@]1(NS(=O)(=O)C2(Cl)C=CC(c3ccccc3)=CC2)C[C@H]1c1cccc(NCc2cnc[nH]2)c1. The quantitative estimate of drug-likeness (QED) is 0.310. The first-order valence-electron chi connectivity index (χ1n) is 11.4. The number of allylic oxidation sites excluding steroid dienone is 3. The van der Waals surface area contributed by atoms with Crippen molar-refractivity contribution in [3.8, 4) is 0 Å². The number of alkyl halides is 1. The van der Waals surface area contributed by atoms with Gasteiger partial charge in [0.1, 0.15) is 5.54 Å². The minimum Gasteiger partial charge on any atom is -0.480 e. The molecule has 0 spiro atoms. The Morgan fingerprint density at radius 2 is 2.00 bits per heavy atom. The van der Waals surface area contributed by atoms with Crippen molar-refractivity contribution < 1.29 is 18.3 Å². The van der Waals surface area contributed by atoms with Gasteiger partial charge in [0.2, 0.25) is 10.0 Å². The summed E-state index contributed by atoms with van der Waals surface area (Å²) in [4.78, 5) is 19.3. The normalized spacial score (nSPS) is 25.2. The first kappa shape index (κ1) is 24.3. The van der Waals surface area contributed by atoms with Crippen molar-refractivity contribution in [2.45, 2.75) is 35.0 Å². The third-order valence-corrected chi connectivity index (χ3v) is 9.37. The molecule has 0 radical (unpaired) electrons. The highest BCUT2D eigenvalue weighted by Crippen LogP contribution is 2.53. The smallest absolute Gasteiger partial charge is 0.325 e. The number of halogens is 1. The molecule has 3 atom stereocenters. The summed E-state index contributed by atoms with van der Waals surface area (Å²) in [6.07, 6.45) is 8.29. The highest BCUT2D eigenvalue weighted by atomic mass is 35.5. The van der Waals surface area contributed by atoms with Crippen LogP contribution in [0.25, 0.3) is 5.57 Å². The molecule has 36 heavy (non-hydrogen) atoms. The zero-order valence-corrected chi connectivity index (χ0v) is 20.8. The molecule has 4 N–H and O–H groups in total. The lowest BCUT2D eigenvalue weighted by Gasteiger charge is -2.28. The van der Waals surface area contributed by atoms with E-state index in [1.165, 1.54) is 6.08 Å². The van der Waals surface area contributed by atoms with E-state index in [1.54, 1.807) is 30.7 Å². The van der Waals surface area contributed by atoms with E-state index in [-0.39, 0.29) is 12.8 Å². The van der Waals surface area contributed by atoms with Gasteiger partial charge in [0.25, 0.3) is 0 Å². The summed E-state index contributed by atoms with van der Waals surface area (Å²) >= 11 is 6.57. The number of carboxylic acid groups (broad SMARTS) is 1. The molecule has 8 nitrogen and oxygen atoms in total. The average Bonchev–Trinajstić information content (AvgIpc) is 3.36. The van der Waals surface area contributed by atoms with E-state index >= 15 is 0 Å². The molecular formula is C26H25ClN4O4S. The molecule has 1 saturated carbocycles. The Hall–Kier alpha value is -3.40. The Bertz CT molecular complexity index is 1440. The molecule has 3 aromatic rings. The van der Waals surface area contributed by atoms with E-state index in [1.807, 2.05) is 48.5 Å². The average molecular weight is 525 g/mol. The van der Waals surface area contributed by atoms with Crippen LogP contribution in [0.2, 0.25) is 0 Å². The fraction of sp³-hybridized carbons (Fsp3) is 0.231. The number of sulfonamides is 1. The molecule has 2 aromatic carbocycles. The fourth-order valence-electron chi connectivity index (χ4n) is 4.47. The van der Waals surface area contributed by atoms with Crippen molar-refractivity contribution >= 4 is 38.9 Å². The summed E-state index contributed by atoms with van der Waals surface area (Å²) in [5.74, 6) is -1.76. The maximum Gasteiger partial charge on any atom is 0.325 e. The summed E-state index contributed by atoms with van der Waals surface area (Å²) in [7, 11) is -4.24. The summed E-state index contributed by atoms with van der Waals surface area (Å²) < 4.78 is 27.4. The largest absolute Gasteiger partial charge is 0.480 e. The van der Waals surface area contributed by atoms with Crippen molar-refractivity contribution in [2.75, 3.05) is 5.32 Å². The standard InChI is InChI=1S/C26H25ClN4O4S/c27-25(11-9-19(10-12-25)18-5-2-1-3-6-18)36(34,35)31-26(24(32)33)14-23(26)20-7-4-8-21(13-20)29-16-22-15-28-17-30-22/h1-11,13,15,17,23,29,31H,12,14,16H2,(H,28,30)(H,32,33)/t23-,25?,26+/m0/s1. The number of nitrogens with one attached hydrogen (secondary N) is 3. The lowest BCUT2D eigenvalue weighted by atomic mass is 9.99. The van der Waals surface area contributed by atoms with Crippen molar-refractivity contribution in [3.05, 3.63) is 102 Å². The van der Waals surface area contributed by atoms with E-state index in [0.717, 1.165) is 28.1 Å². The fourth-order valence-corrected chi connectivity index (χ4v) is 6.24. The van der Waals surface area contributed by atoms with E-state index in [2.05, 4.69) is 20.0 Å². The molecule has 2 aliphatic rings. The van der Waals surface area contributed by atoms with Crippen LogP contribution in [0.1, 0.15) is 35.6 Å². The predicted molar refractivity (Wildman–Crippen MR) is 139 cm³/mol. The molecule has 2 aliphatic carbocycles. The number of imidazole rings is 1. The van der Waals surface area contributed by atoms with Crippen LogP contribution in [0.15, 0.2) is 85.3 Å². The van der Waals surface area contributed by atoms with E-state index in [4.69, 9.17) is 11.6 Å². The number of H-pyrrole nitrogens is 1. The summed E-state index contributed by atoms with van der Waals surface area (Å²) in [5, 5.41) is 13.3. The number of aromatic amines is 1. The number of hydrogen-bond acceptors (Lipinski definition) is 5. The molecule has 1 heterocycles. The van der Waals surface area contributed by atoms with Crippen LogP contribution in [-0.4, -0.2) is 39.2 Å². The number of anilines is 1. The monoisotopic (exact) mass is 524 g/mol. The lowest BCUT2D eigenvalue weighted by molar-refractivity contribution is -0.140. The number of aromatic nitrogens is 2. The number of carbonyl (C=O) groups is 1. The third-order valence-electron chi connectivity index (χ3n) is 6.65. The molecule has 0 saturated heterocycles. The van der Waals surface area contributed by atoms with Gasteiger partial charge in [-0.3, -0.25) is 4.79 Å². The molecule has 0 amide bonds. The molecular weight excluding hydrogens is 500 g/mol. The Morgan fingerprint density at radius 1 is 1.19 bits per heavy atom. The molecule has 0 bridgehead atoms. The minimum absolute atomic E-state index is 0.0119. The van der Waals surface area contributed by atoms with Crippen LogP contribution in [0, 0.1) is 0 Å². The van der Waals surface area contributed by atoms with Gasteiger partial charge in [-0.2, -0.15) is 4.72 Å². The predicted octanol–water partition coefficient (Wildman–Crippen LogP) is 4.23. The summed E-state index contributed by atoms with van der Waals surface area (Å²) in [5.41, 5.74) is 2.57. The number of rotatable bonds is 9. The molecule has 186 valence electrons. The number of nitrogens with zero attached hydrogens (tertiary/aromatic N) is 1. The third kappa shape index (κ3) is 4.57. The first-order chi connectivity index (χ1) is 17.2.